The van der Waals surface area contributed by atoms with E-state index in [2.05, 4.69) is 20.5 Å². The topological polar surface area (TPSA) is 96.8 Å². The number of nitrogens with zero attached hydrogens (tertiary/aromatic N) is 4. The molecule has 0 radical (unpaired) electrons. The Morgan fingerprint density at radius 3 is 2.54 bits per heavy atom. The highest BCUT2D eigenvalue weighted by Crippen LogP contribution is 2.29. The number of ether oxygens (including phenoxy) is 1. The molecule has 0 bridgehead atoms. The van der Waals surface area contributed by atoms with E-state index in [1.165, 1.54) is 41.8 Å². The fourth-order valence-corrected chi connectivity index (χ4v) is 3.16. The van der Waals surface area contributed by atoms with Crippen LogP contribution in [0.4, 0.5) is 10.8 Å². The van der Waals surface area contributed by atoms with Crippen LogP contribution < -0.4 is 15.1 Å². The van der Waals surface area contributed by atoms with Gasteiger partial charge >= 0.3 is 0 Å². The second-order valence-electron chi connectivity index (χ2n) is 5.54. The number of carbonyl (C=O) groups is 2. The summed E-state index contributed by atoms with van der Waals surface area (Å²) in [4.78, 5) is 33.8. The van der Waals surface area contributed by atoms with E-state index < -0.39 is 0 Å². The van der Waals surface area contributed by atoms with Crippen molar-refractivity contribution in [1.82, 2.24) is 15.4 Å². The summed E-state index contributed by atoms with van der Waals surface area (Å²) >= 11 is 1.30. The number of aromatic nitrogens is 2. The predicted octanol–water partition coefficient (Wildman–Crippen LogP) is 3.00. The molecule has 28 heavy (non-hydrogen) atoms. The molecule has 2 amide bonds. The Hall–Kier alpha value is -3.59. The van der Waals surface area contributed by atoms with Gasteiger partial charge in [0.25, 0.3) is 5.91 Å². The van der Waals surface area contributed by atoms with Crippen LogP contribution in [0.1, 0.15) is 23.0 Å². The average Bonchev–Trinajstić information content (AvgIpc) is 3.17. The van der Waals surface area contributed by atoms with E-state index in [4.69, 9.17) is 4.74 Å². The molecule has 0 atom stereocenters. The number of methoxy groups -OCH3 is 1. The molecule has 3 aromatic rings. The maximum Gasteiger partial charge on any atom is 0.271 e. The minimum absolute atomic E-state index is 0.172. The standard InChI is InChI=1S/C19H17N5O3S/c1-13(25)24(16-3-5-17(27-2)6-4-16)19-22-15(12-28-19)11-21-23-18(26)14-7-9-20-10-8-14/h3-12H,1-2H3,(H,23,26)/b21-11-. The highest BCUT2D eigenvalue weighted by molar-refractivity contribution is 7.14. The predicted molar refractivity (Wildman–Crippen MR) is 107 cm³/mol. The third kappa shape index (κ3) is 4.57. The molecule has 0 unspecified atom stereocenters. The third-order valence-corrected chi connectivity index (χ3v) is 4.50. The molecule has 0 saturated heterocycles. The molecule has 1 N–H and O–H groups in total. The summed E-state index contributed by atoms with van der Waals surface area (Å²) < 4.78 is 5.14. The number of hydrazone groups is 1. The van der Waals surface area contributed by atoms with Crippen molar-refractivity contribution in [1.29, 1.82) is 0 Å². The summed E-state index contributed by atoms with van der Waals surface area (Å²) in [7, 11) is 1.58. The van der Waals surface area contributed by atoms with Crippen molar-refractivity contribution in [2.45, 2.75) is 6.92 Å². The van der Waals surface area contributed by atoms with E-state index in [-0.39, 0.29) is 11.8 Å². The van der Waals surface area contributed by atoms with E-state index in [1.54, 1.807) is 48.9 Å². The molecule has 0 saturated carbocycles. The molecule has 0 aliphatic heterocycles. The Kier molecular flexibility index (Phi) is 6.07. The highest BCUT2D eigenvalue weighted by Gasteiger charge is 2.17. The van der Waals surface area contributed by atoms with Gasteiger partial charge in [-0.1, -0.05) is 0 Å². The molecule has 0 aliphatic carbocycles. The summed E-state index contributed by atoms with van der Waals surface area (Å²) in [6.45, 7) is 1.47. The lowest BCUT2D eigenvalue weighted by Gasteiger charge is -2.18. The molecule has 2 heterocycles. The van der Waals surface area contributed by atoms with Crippen LogP contribution in [-0.2, 0) is 4.79 Å². The molecule has 142 valence electrons. The molecule has 8 nitrogen and oxygen atoms in total. The van der Waals surface area contributed by atoms with Crippen molar-refractivity contribution in [3.05, 3.63) is 65.4 Å². The zero-order chi connectivity index (χ0) is 19.9. The van der Waals surface area contributed by atoms with Gasteiger partial charge in [-0.25, -0.2) is 10.4 Å². The molecule has 3 rings (SSSR count). The van der Waals surface area contributed by atoms with Crippen molar-refractivity contribution >= 4 is 40.2 Å². The monoisotopic (exact) mass is 395 g/mol. The van der Waals surface area contributed by atoms with E-state index in [1.807, 2.05) is 0 Å². The Balaban J connectivity index is 1.72. The third-order valence-electron chi connectivity index (χ3n) is 3.65. The number of anilines is 2. The molecule has 2 aromatic heterocycles. The lowest BCUT2D eigenvalue weighted by molar-refractivity contribution is -0.115. The van der Waals surface area contributed by atoms with Gasteiger partial charge in [-0.15, -0.1) is 11.3 Å². The minimum Gasteiger partial charge on any atom is -0.497 e. The first-order chi connectivity index (χ1) is 13.6. The first kappa shape index (κ1) is 19.2. The fraction of sp³-hybridized carbons (Fsp3) is 0.105. The molecule has 1 aromatic carbocycles. The largest absolute Gasteiger partial charge is 0.497 e. The van der Waals surface area contributed by atoms with Crippen molar-refractivity contribution in [3.63, 3.8) is 0 Å². The number of hydrogen-bond acceptors (Lipinski definition) is 7. The first-order valence-corrected chi connectivity index (χ1v) is 9.10. The fourth-order valence-electron chi connectivity index (χ4n) is 2.32. The van der Waals surface area contributed by atoms with Crippen molar-refractivity contribution < 1.29 is 14.3 Å². The number of rotatable bonds is 6. The van der Waals surface area contributed by atoms with E-state index in [9.17, 15) is 9.59 Å². The van der Waals surface area contributed by atoms with Gasteiger partial charge in [-0.05, 0) is 36.4 Å². The Bertz CT molecular complexity index is 986. The van der Waals surface area contributed by atoms with Gasteiger partial charge in [-0.2, -0.15) is 5.10 Å². The highest BCUT2D eigenvalue weighted by atomic mass is 32.1. The molecule has 0 aliphatic rings. The number of hydrogen-bond donors (Lipinski definition) is 1. The molecule has 9 heteroatoms. The van der Waals surface area contributed by atoms with Gasteiger partial charge in [0.15, 0.2) is 5.13 Å². The molecular formula is C19H17N5O3S. The van der Waals surface area contributed by atoms with Crippen LogP contribution in [0.25, 0.3) is 0 Å². The summed E-state index contributed by atoms with van der Waals surface area (Å²) in [5.74, 6) is 0.177. The first-order valence-electron chi connectivity index (χ1n) is 8.22. The lowest BCUT2D eigenvalue weighted by atomic mass is 10.3. The van der Waals surface area contributed by atoms with Gasteiger partial charge in [0, 0.05) is 30.3 Å². The van der Waals surface area contributed by atoms with Gasteiger partial charge in [0.1, 0.15) is 5.75 Å². The van der Waals surface area contributed by atoms with Crippen LogP contribution in [0, 0.1) is 0 Å². The second-order valence-corrected chi connectivity index (χ2v) is 6.38. The van der Waals surface area contributed by atoms with E-state index in [0.717, 1.165) is 0 Å². The number of amides is 2. The van der Waals surface area contributed by atoms with Crippen LogP contribution >= 0.6 is 11.3 Å². The molecular weight excluding hydrogens is 378 g/mol. The van der Waals surface area contributed by atoms with Gasteiger partial charge < -0.3 is 4.74 Å². The summed E-state index contributed by atoms with van der Waals surface area (Å²) in [6, 6.07) is 10.3. The molecule has 0 fully saturated rings. The van der Waals surface area contributed by atoms with Crippen LogP contribution in [-0.4, -0.2) is 35.1 Å². The summed E-state index contributed by atoms with van der Waals surface area (Å²) in [5.41, 5.74) is 4.08. The quantitative estimate of drug-likeness (QED) is 0.511. The minimum atomic E-state index is -0.349. The van der Waals surface area contributed by atoms with Crippen LogP contribution in [0.15, 0.2) is 59.3 Å². The van der Waals surface area contributed by atoms with Crippen LogP contribution in [0.3, 0.4) is 0 Å². The zero-order valence-corrected chi connectivity index (χ0v) is 16.0. The summed E-state index contributed by atoms with van der Waals surface area (Å²) in [5, 5.41) is 6.16. The Morgan fingerprint density at radius 1 is 1.18 bits per heavy atom. The number of thiazole rings is 1. The van der Waals surface area contributed by atoms with Gasteiger partial charge in [0.2, 0.25) is 5.91 Å². The Morgan fingerprint density at radius 2 is 1.89 bits per heavy atom. The SMILES string of the molecule is COc1ccc(N(C(C)=O)c2nc(/C=N\NC(=O)c3ccncc3)cs2)cc1. The summed E-state index contributed by atoms with van der Waals surface area (Å²) in [6.07, 6.45) is 4.48. The van der Waals surface area contributed by atoms with Gasteiger partial charge in [-0.3, -0.25) is 19.5 Å². The van der Waals surface area contributed by atoms with Gasteiger partial charge in [0.05, 0.1) is 24.7 Å². The van der Waals surface area contributed by atoms with E-state index >= 15 is 0 Å². The van der Waals surface area contributed by atoms with E-state index in [0.29, 0.717) is 27.8 Å². The molecule has 0 spiro atoms. The Labute approximate surface area is 165 Å². The smallest absolute Gasteiger partial charge is 0.271 e. The zero-order valence-electron chi connectivity index (χ0n) is 15.2. The maximum atomic E-state index is 12.1. The van der Waals surface area contributed by atoms with Crippen molar-refractivity contribution in [3.8, 4) is 5.75 Å². The van der Waals surface area contributed by atoms with Crippen molar-refractivity contribution in [2.75, 3.05) is 12.0 Å². The average molecular weight is 395 g/mol. The van der Waals surface area contributed by atoms with Crippen molar-refractivity contribution in [2.24, 2.45) is 5.10 Å². The van der Waals surface area contributed by atoms with Crippen LogP contribution in [0.2, 0.25) is 0 Å². The second kappa shape index (κ2) is 8.87. The number of benzene rings is 1. The van der Waals surface area contributed by atoms with Crippen LogP contribution in [0.5, 0.6) is 5.75 Å². The normalized spacial score (nSPS) is 10.6. The number of pyridine rings is 1. The maximum absolute atomic E-state index is 12.1. The number of carbonyl (C=O) groups excluding carboxylic acids is 2. The lowest BCUT2D eigenvalue weighted by Crippen LogP contribution is -2.22. The number of nitrogens with one attached hydrogen (secondary N) is 1.